The molecular formula is C20H23N3O3S2. The Bertz CT molecular complexity index is 1000. The molecule has 1 amide bonds. The van der Waals surface area contributed by atoms with Gasteiger partial charge in [0.05, 0.1) is 19.5 Å². The number of nitrogens with one attached hydrogen (secondary N) is 1. The van der Waals surface area contributed by atoms with Gasteiger partial charge < -0.3 is 14.8 Å². The number of thioether (sulfide) groups is 1. The minimum absolute atomic E-state index is 0.0452. The van der Waals surface area contributed by atoms with Crippen molar-refractivity contribution in [2.75, 3.05) is 14.2 Å². The van der Waals surface area contributed by atoms with E-state index in [9.17, 15) is 4.79 Å². The van der Waals surface area contributed by atoms with Crippen molar-refractivity contribution >= 4 is 39.2 Å². The number of carbonyl (C=O) groups is 1. The van der Waals surface area contributed by atoms with Gasteiger partial charge in [-0.05, 0) is 44.0 Å². The second-order valence-electron chi connectivity index (χ2n) is 6.31. The summed E-state index contributed by atoms with van der Waals surface area (Å²) >= 11 is 3.11. The van der Waals surface area contributed by atoms with Crippen LogP contribution >= 0.6 is 23.1 Å². The minimum atomic E-state index is -0.280. The molecule has 0 saturated heterocycles. The number of benzene rings is 1. The maximum atomic E-state index is 12.6. The topological polar surface area (TPSA) is 73.3 Å². The fourth-order valence-electron chi connectivity index (χ4n) is 2.78. The lowest BCUT2D eigenvalue weighted by molar-refractivity contribution is -0.120. The van der Waals surface area contributed by atoms with Crippen molar-refractivity contribution in [2.45, 2.75) is 37.6 Å². The lowest BCUT2D eigenvalue weighted by Crippen LogP contribution is -2.30. The number of aromatic nitrogens is 2. The van der Waals surface area contributed by atoms with E-state index >= 15 is 0 Å². The number of rotatable bonds is 7. The van der Waals surface area contributed by atoms with Crippen LogP contribution in [0.5, 0.6) is 11.5 Å². The molecule has 148 valence electrons. The highest BCUT2D eigenvalue weighted by atomic mass is 32.2. The summed E-state index contributed by atoms with van der Waals surface area (Å²) in [7, 11) is 3.19. The first-order valence-corrected chi connectivity index (χ1v) is 10.5. The average Bonchev–Trinajstić information content (AvgIpc) is 3.00. The Labute approximate surface area is 172 Å². The number of fused-ring (bicyclic) bond motifs is 1. The van der Waals surface area contributed by atoms with E-state index in [0.717, 1.165) is 20.8 Å². The molecule has 28 heavy (non-hydrogen) atoms. The summed E-state index contributed by atoms with van der Waals surface area (Å²) in [5.41, 5.74) is 2.12. The van der Waals surface area contributed by atoms with Gasteiger partial charge in [-0.1, -0.05) is 17.8 Å². The lowest BCUT2D eigenvalue weighted by Gasteiger charge is -2.13. The number of amides is 1. The Morgan fingerprint density at radius 2 is 1.96 bits per heavy atom. The molecule has 0 fully saturated rings. The first-order valence-electron chi connectivity index (χ1n) is 8.80. The number of nitrogens with zero attached hydrogens (tertiary/aromatic N) is 2. The van der Waals surface area contributed by atoms with Crippen LogP contribution in [-0.4, -0.2) is 35.3 Å². The standard InChI is InChI=1S/C20H23N3O3S2/c1-11-12(2)27-19-17(11)20(23-10-22-19)28-13(3)18(24)21-9-14-6-7-15(25-4)16(8-14)26-5/h6-8,10,13H,9H2,1-5H3,(H,21,24)/t13-/m1/s1. The van der Waals surface area contributed by atoms with E-state index in [-0.39, 0.29) is 11.2 Å². The van der Waals surface area contributed by atoms with Crippen LogP contribution in [0.15, 0.2) is 29.6 Å². The summed E-state index contributed by atoms with van der Waals surface area (Å²) in [6.45, 7) is 6.45. The molecule has 0 radical (unpaired) electrons. The van der Waals surface area contributed by atoms with Gasteiger partial charge >= 0.3 is 0 Å². The van der Waals surface area contributed by atoms with E-state index in [4.69, 9.17) is 9.47 Å². The van der Waals surface area contributed by atoms with Crippen LogP contribution in [0, 0.1) is 13.8 Å². The number of hydrogen-bond donors (Lipinski definition) is 1. The Morgan fingerprint density at radius 1 is 1.21 bits per heavy atom. The Kier molecular flexibility index (Phi) is 6.41. The third-order valence-corrected chi connectivity index (χ3v) is 6.72. The molecule has 0 spiro atoms. The van der Waals surface area contributed by atoms with Crippen LogP contribution in [-0.2, 0) is 11.3 Å². The Morgan fingerprint density at radius 3 is 2.68 bits per heavy atom. The van der Waals surface area contributed by atoms with Crippen LogP contribution in [0.2, 0.25) is 0 Å². The highest BCUT2D eigenvalue weighted by molar-refractivity contribution is 8.00. The zero-order chi connectivity index (χ0) is 20.3. The average molecular weight is 418 g/mol. The zero-order valence-corrected chi connectivity index (χ0v) is 18.2. The molecule has 0 saturated carbocycles. The van der Waals surface area contributed by atoms with Crippen molar-refractivity contribution in [3.8, 4) is 11.5 Å². The van der Waals surface area contributed by atoms with Crippen molar-refractivity contribution in [1.29, 1.82) is 0 Å². The molecule has 1 aromatic carbocycles. The Hall–Kier alpha value is -2.32. The van der Waals surface area contributed by atoms with Gasteiger partial charge in [-0.3, -0.25) is 4.79 Å². The van der Waals surface area contributed by atoms with E-state index in [2.05, 4.69) is 29.1 Å². The molecule has 0 aliphatic carbocycles. The monoisotopic (exact) mass is 417 g/mol. The fourth-order valence-corrected chi connectivity index (χ4v) is 4.85. The first-order chi connectivity index (χ1) is 13.4. The summed E-state index contributed by atoms with van der Waals surface area (Å²) in [6.07, 6.45) is 1.56. The van der Waals surface area contributed by atoms with Gasteiger partial charge in [0.2, 0.25) is 5.91 Å². The van der Waals surface area contributed by atoms with E-state index in [1.54, 1.807) is 31.9 Å². The summed E-state index contributed by atoms with van der Waals surface area (Å²) in [6, 6.07) is 5.60. The molecule has 1 N–H and O–H groups in total. The van der Waals surface area contributed by atoms with Crippen LogP contribution in [0.4, 0.5) is 0 Å². The maximum Gasteiger partial charge on any atom is 0.233 e. The highest BCUT2D eigenvalue weighted by Crippen LogP contribution is 2.36. The molecular weight excluding hydrogens is 394 g/mol. The van der Waals surface area contributed by atoms with E-state index in [1.165, 1.54) is 22.2 Å². The van der Waals surface area contributed by atoms with Crippen molar-refractivity contribution in [3.05, 3.63) is 40.5 Å². The molecule has 0 unspecified atom stereocenters. The number of hydrogen-bond acceptors (Lipinski definition) is 7. The normalized spacial score (nSPS) is 12.0. The minimum Gasteiger partial charge on any atom is -0.493 e. The van der Waals surface area contributed by atoms with Gasteiger partial charge in [-0.2, -0.15) is 0 Å². The van der Waals surface area contributed by atoms with E-state index in [1.807, 2.05) is 25.1 Å². The number of carbonyl (C=O) groups excluding carboxylic acids is 1. The molecule has 8 heteroatoms. The molecule has 0 aliphatic rings. The summed E-state index contributed by atoms with van der Waals surface area (Å²) < 4.78 is 10.6. The Balaban J connectivity index is 1.67. The van der Waals surface area contributed by atoms with Gasteiger partial charge in [-0.15, -0.1) is 11.3 Å². The molecule has 3 rings (SSSR count). The quantitative estimate of drug-likeness (QED) is 0.460. The smallest absolute Gasteiger partial charge is 0.233 e. The zero-order valence-electron chi connectivity index (χ0n) is 16.5. The second kappa shape index (κ2) is 8.79. The number of methoxy groups -OCH3 is 2. The maximum absolute atomic E-state index is 12.6. The number of ether oxygens (including phenoxy) is 2. The van der Waals surface area contributed by atoms with Crippen molar-refractivity contribution < 1.29 is 14.3 Å². The molecule has 0 aliphatic heterocycles. The molecule has 6 nitrogen and oxygen atoms in total. The van der Waals surface area contributed by atoms with Crippen molar-refractivity contribution in [1.82, 2.24) is 15.3 Å². The van der Waals surface area contributed by atoms with Crippen molar-refractivity contribution in [3.63, 3.8) is 0 Å². The summed E-state index contributed by atoms with van der Waals surface area (Å²) in [4.78, 5) is 23.5. The third-order valence-electron chi connectivity index (χ3n) is 4.50. The molecule has 1 atom stereocenters. The molecule has 0 bridgehead atoms. The van der Waals surface area contributed by atoms with Crippen LogP contribution in [0.1, 0.15) is 22.9 Å². The van der Waals surface area contributed by atoms with Gasteiger partial charge in [0, 0.05) is 16.8 Å². The summed E-state index contributed by atoms with van der Waals surface area (Å²) in [5.74, 6) is 1.26. The first kappa shape index (κ1) is 20.4. The van der Waals surface area contributed by atoms with Crippen LogP contribution in [0.25, 0.3) is 10.2 Å². The van der Waals surface area contributed by atoms with Crippen LogP contribution < -0.4 is 14.8 Å². The summed E-state index contributed by atoms with van der Waals surface area (Å²) in [5, 5.41) is 4.60. The predicted molar refractivity (Wildman–Crippen MR) is 114 cm³/mol. The van der Waals surface area contributed by atoms with Gasteiger partial charge in [0.15, 0.2) is 11.5 Å². The predicted octanol–water partition coefficient (Wildman–Crippen LogP) is 4.12. The fraction of sp³-hybridized carbons (Fsp3) is 0.350. The largest absolute Gasteiger partial charge is 0.493 e. The lowest BCUT2D eigenvalue weighted by atomic mass is 10.2. The van der Waals surface area contributed by atoms with E-state index in [0.29, 0.717) is 18.0 Å². The van der Waals surface area contributed by atoms with Gasteiger partial charge in [0.1, 0.15) is 16.2 Å². The van der Waals surface area contributed by atoms with Crippen molar-refractivity contribution in [2.24, 2.45) is 0 Å². The van der Waals surface area contributed by atoms with Crippen LogP contribution in [0.3, 0.4) is 0 Å². The molecule has 2 aromatic heterocycles. The highest BCUT2D eigenvalue weighted by Gasteiger charge is 2.19. The second-order valence-corrected chi connectivity index (χ2v) is 8.84. The molecule has 3 aromatic rings. The van der Waals surface area contributed by atoms with Gasteiger partial charge in [0.25, 0.3) is 0 Å². The van der Waals surface area contributed by atoms with Gasteiger partial charge in [-0.25, -0.2) is 9.97 Å². The number of thiophene rings is 1. The number of aryl methyl sites for hydroxylation is 2. The SMILES string of the molecule is COc1ccc(CNC(=O)[C@@H](C)Sc2ncnc3sc(C)c(C)c23)cc1OC. The van der Waals surface area contributed by atoms with E-state index < -0.39 is 0 Å². The molecule has 2 heterocycles. The third kappa shape index (κ3) is 4.23.